The maximum atomic E-state index is 12.8. The van der Waals surface area contributed by atoms with Gasteiger partial charge in [-0.05, 0) is 23.8 Å². The van der Waals surface area contributed by atoms with Crippen molar-refractivity contribution in [1.82, 2.24) is 5.32 Å². The van der Waals surface area contributed by atoms with Crippen LogP contribution in [0.5, 0.6) is 5.75 Å². The molecule has 0 radical (unpaired) electrons. The summed E-state index contributed by atoms with van der Waals surface area (Å²) in [4.78, 5) is 11.5. The van der Waals surface area contributed by atoms with Crippen LogP contribution in [0.1, 0.15) is 17.2 Å². The highest BCUT2D eigenvalue weighted by molar-refractivity contribution is 5.76. The molecule has 0 spiro atoms. The van der Waals surface area contributed by atoms with E-state index >= 15 is 0 Å². The van der Waals surface area contributed by atoms with Crippen LogP contribution in [0.25, 0.3) is 0 Å². The molecule has 0 aromatic heterocycles. The molecule has 2 aromatic rings. The summed E-state index contributed by atoms with van der Waals surface area (Å²) in [5, 5.41) is 12.3. The molecule has 0 fully saturated rings. The fraction of sp³-hybridized carbons (Fsp3) is 0.188. The molecule has 2 rings (SSSR count). The van der Waals surface area contributed by atoms with Gasteiger partial charge in [-0.25, -0.2) is 4.39 Å². The summed E-state index contributed by atoms with van der Waals surface area (Å²) in [5.41, 5.74) is 1.35. The summed E-state index contributed by atoms with van der Waals surface area (Å²) >= 11 is 0. The van der Waals surface area contributed by atoms with Crippen LogP contribution in [0.2, 0.25) is 0 Å². The number of halogens is 1. The highest BCUT2D eigenvalue weighted by Gasteiger charge is 2.22. The predicted octanol–water partition coefficient (Wildman–Crippen LogP) is 2.75. The Hall–Kier alpha value is -2.40. The molecule has 0 bridgehead atoms. The van der Waals surface area contributed by atoms with Gasteiger partial charge in [-0.1, -0.05) is 30.3 Å². The van der Waals surface area contributed by atoms with Crippen molar-refractivity contribution in [2.75, 3.05) is 7.11 Å². The van der Waals surface area contributed by atoms with Gasteiger partial charge in [0, 0.05) is 12.1 Å². The number of carboxylic acids is 1. The van der Waals surface area contributed by atoms with E-state index in [-0.39, 0.29) is 5.82 Å². The molecule has 2 aromatic carbocycles. The number of aliphatic carboxylic acids is 1. The van der Waals surface area contributed by atoms with Gasteiger partial charge in [0.15, 0.2) is 0 Å². The van der Waals surface area contributed by atoms with Crippen molar-refractivity contribution in [2.45, 2.75) is 12.6 Å². The Bertz CT molecular complexity index is 613. The number of carbonyl (C=O) groups is 1. The van der Waals surface area contributed by atoms with E-state index in [1.54, 1.807) is 36.4 Å². The SMILES string of the molecule is COc1ccccc1C(NCc1ccc(F)cc1)C(=O)O. The number of carboxylic acid groups (broad SMARTS) is 1. The molecule has 0 aliphatic rings. The van der Waals surface area contributed by atoms with Gasteiger partial charge in [-0.15, -0.1) is 0 Å². The van der Waals surface area contributed by atoms with E-state index in [1.807, 2.05) is 0 Å². The third-order valence-electron chi connectivity index (χ3n) is 3.12. The molecule has 0 aliphatic carbocycles. The molecule has 0 saturated carbocycles. The number of ether oxygens (including phenoxy) is 1. The fourth-order valence-electron chi connectivity index (χ4n) is 2.06. The number of nitrogens with one attached hydrogen (secondary N) is 1. The number of hydrogen-bond donors (Lipinski definition) is 2. The zero-order valence-corrected chi connectivity index (χ0v) is 11.5. The zero-order valence-electron chi connectivity index (χ0n) is 11.5. The van der Waals surface area contributed by atoms with Gasteiger partial charge in [0.25, 0.3) is 0 Å². The van der Waals surface area contributed by atoms with E-state index in [9.17, 15) is 14.3 Å². The van der Waals surface area contributed by atoms with Crippen LogP contribution in [0, 0.1) is 5.82 Å². The molecule has 2 N–H and O–H groups in total. The van der Waals surface area contributed by atoms with Crippen LogP contribution in [0.3, 0.4) is 0 Å². The third kappa shape index (κ3) is 3.79. The minimum absolute atomic E-state index is 0.315. The third-order valence-corrected chi connectivity index (χ3v) is 3.12. The lowest BCUT2D eigenvalue weighted by molar-refractivity contribution is -0.139. The smallest absolute Gasteiger partial charge is 0.325 e. The van der Waals surface area contributed by atoms with Crippen LogP contribution < -0.4 is 10.1 Å². The van der Waals surface area contributed by atoms with Crippen molar-refractivity contribution < 1.29 is 19.0 Å². The maximum Gasteiger partial charge on any atom is 0.325 e. The molecule has 0 amide bonds. The van der Waals surface area contributed by atoms with Crippen LogP contribution in [0.15, 0.2) is 48.5 Å². The van der Waals surface area contributed by atoms with E-state index in [4.69, 9.17) is 4.74 Å². The van der Waals surface area contributed by atoms with Gasteiger partial charge in [0.2, 0.25) is 0 Å². The van der Waals surface area contributed by atoms with E-state index in [0.29, 0.717) is 17.9 Å². The molecular formula is C16H16FNO3. The van der Waals surface area contributed by atoms with Gasteiger partial charge in [0.1, 0.15) is 17.6 Å². The predicted molar refractivity (Wildman–Crippen MR) is 76.6 cm³/mol. The molecule has 21 heavy (non-hydrogen) atoms. The van der Waals surface area contributed by atoms with Gasteiger partial charge in [-0.3, -0.25) is 10.1 Å². The molecule has 4 nitrogen and oxygen atoms in total. The lowest BCUT2D eigenvalue weighted by Crippen LogP contribution is -2.28. The van der Waals surface area contributed by atoms with Gasteiger partial charge in [-0.2, -0.15) is 0 Å². The van der Waals surface area contributed by atoms with Gasteiger partial charge < -0.3 is 9.84 Å². The lowest BCUT2D eigenvalue weighted by Gasteiger charge is -2.17. The molecule has 0 aliphatic heterocycles. The fourth-order valence-corrected chi connectivity index (χ4v) is 2.06. The molecule has 0 heterocycles. The van der Waals surface area contributed by atoms with E-state index in [2.05, 4.69) is 5.32 Å². The second kappa shape index (κ2) is 6.85. The van der Waals surface area contributed by atoms with Crippen molar-refractivity contribution in [3.63, 3.8) is 0 Å². The Labute approximate surface area is 122 Å². The quantitative estimate of drug-likeness (QED) is 0.858. The Kier molecular flexibility index (Phi) is 4.90. The first-order chi connectivity index (χ1) is 10.1. The van der Waals surface area contributed by atoms with E-state index in [1.165, 1.54) is 19.2 Å². The second-order valence-corrected chi connectivity index (χ2v) is 4.52. The number of rotatable bonds is 6. The average molecular weight is 289 g/mol. The normalized spacial score (nSPS) is 11.9. The Morgan fingerprint density at radius 2 is 1.90 bits per heavy atom. The first-order valence-electron chi connectivity index (χ1n) is 6.45. The average Bonchev–Trinajstić information content (AvgIpc) is 2.49. The number of benzene rings is 2. The van der Waals surface area contributed by atoms with Crippen molar-refractivity contribution >= 4 is 5.97 Å². The Morgan fingerprint density at radius 1 is 1.24 bits per heavy atom. The molecule has 1 unspecified atom stereocenters. The first-order valence-corrected chi connectivity index (χ1v) is 6.45. The first kappa shape index (κ1) is 15.0. The lowest BCUT2D eigenvalue weighted by atomic mass is 10.1. The minimum Gasteiger partial charge on any atom is -0.496 e. The highest BCUT2D eigenvalue weighted by Crippen LogP contribution is 2.25. The minimum atomic E-state index is -0.999. The summed E-state index contributed by atoms with van der Waals surface area (Å²) < 4.78 is 18.0. The molecule has 0 saturated heterocycles. The number of para-hydroxylation sites is 1. The number of hydrogen-bond acceptors (Lipinski definition) is 3. The van der Waals surface area contributed by atoms with Crippen molar-refractivity contribution in [1.29, 1.82) is 0 Å². The van der Waals surface area contributed by atoms with E-state index < -0.39 is 12.0 Å². The molecule has 1 atom stereocenters. The standard InChI is InChI=1S/C16H16FNO3/c1-21-14-5-3-2-4-13(14)15(16(19)20)18-10-11-6-8-12(17)9-7-11/h2-9,15,18H,10H2,1H3,(H,19,20). The summed E-state index contributed by atoms with van der Waals surface area (Å²) in [6.07, 6.45) is 0. The van der Waals surface area contributed by atoms with Crippen LogP contribution in [-0.4, -0.2) is 18.2 Å². The molecule has 110 valence electrons. The van der Waals surface area contributed by atoms with E-state index in [0.717, 1.165) is 5.56 Å². The van der Waals surface area contributed by atoms with Crippen LogP contribution >= 0.6 is 0 Å². The van der Waals surface area contributed by atoms with Crippen molar-refractivity contribution in [3.8, 4) is 5.75 Å². The maximum absolute atomic E-state index is 12.8. The monoisotopic (exact) mass is 289 g/mol. The van der Waals surface area contributed by atoms with Crippen LogP contribution in [-0.2, 0) is 11.3 Å². The Balaban J connectivity index is 2.16. The van der Waals surface area contributed by atoms with Crippen LogP contribution in [0.4, 0.5) is 4.39 Å². The zero-order chi connectivity index (χ0) is 15.2. The summed E-state index contributed by atoms with van der Waals surface area (Å²) in [6.45, 7) is 0.315. The molecule has 5 heteroatoms. The highest BCUT2D eigenvalue weighted by atomic mass is 19.1. The summed E-state index contributed by atoms with van der Waals surface area (Å²) in [5.74, 6) is -0.809. The van der Waals surface area contributed by atoms with Gasteiger partial charge in [0.05, 0.1) is 7.11 Å². The molecular weight excluding hydrogens is 273 g/mol. The Morgan fingerprint density at radius 3 is 2.52 bits per heavy atom. The second-order valence-electron chi connectivity index (χ2n) is 4.52. The summed E-state index contributed by atoms with van der Waals surface area (Å²) in [7, 11) is 1.50. The van der Waals surface area contributed by atoms with Gasteiger partial charge >= 0.3 is 5.97 Å². The topological polar surface area (TPSA) is 58.6 Å². The largest absolute Gasteiger partial charge is 0.496 e. The summed E-state index contributed by atoms with van der Waals surface area (Å²) in [6, 6.07) is 12.0. The number of methoxy groups -OCH3 is 1. The van der Waals surface area contributed by atoms with Crippen molar-refractivity contribution in [3.05, 3.63) is 65.5 Å². The van der Waals surface area contributed by atoms with Crippen molar-refractivity contribution in [2.24, 2.45) is 0 Å².